The molecular formula is C17H26N2O. The number of benzene rings is 1. The lowest BCUT2D eigenvalue weighted by molar-refractivity contribution is 0.0695. The average molecular weight is 274 g/mol. The predicted molar refractivity (Wildman–Crippen MR) is 84.2 cm³/mol. The summed E-state index contributed by atoms with van der Waals surface area (Å²) in [5.74, 6) is 0.898. The van der Waals surface area contributed by atoms with Gasteiger partial charge < -0.3 is 10.2 Å². The number of rotatable bonds is 6. The van der Waals surface area contributed by atoms with Crippen LogP contribution >= 0.6 is 0 Å². The van der Waals surface area contributed by atoms with Gasteiger partial charge in [0.05, 0.1) is 0 Å². The predicted octanol–water partition coefficient (Wildman–Crippen LogP) is 3.69. The summed E-state index contributed by atoms with van der Waals surface area (Å²) in [5, 5.41) is 3.28. The van der Waals surface area contributed by atoms with Gasteiger partial charge in [-0.1, -0.05) is 0 Å². The fourth-order valence-corrected chi connectivity index (χ4v) is 2.48. The SMILES string of the molecule is CCNc1ccc(C(=O)N(CC2CC2)C(C)C)c(C)c1. The summed E-state index contributed by atoms with van der Waals surface area (Å²) in [6.07, 6.45) is 2.55. The van der Waals surface area contributed by atoms with Crippen LogP contribution in [0.25, 0.3) is 0 Å². The molecule has 1 saturated carbocycles. The van der Waals surface area contributed by atoms with Crippen molar-refractivity contribution in [3.8, 4) is 0 Å². The molecule has 1 amide bonds. The van der Waals surface area contributed by atoms with E-state index in [2.05, 4.69) is 32.2 Å². The van der Waals surface area contributed by atoms with Crippen LogP contribution in [0, 0.1) is 12.8 Å². The van der Waals surface area contributed by atoms with E-state index in [0.29, 0.717) is 0 Å². The first-order valence-electron chi connectivity index (χ1n) is 7.68. The lowest BCUT2D eigenvalue weighted by Crippen LogP contribution is -2.38. The number of hydrogen-bond donors (Lipinski definition) is 1. The van der Waals surface area contributed by atoms with E-state index in [1.54, 1.807) is 0 Å². The molecule has 1 fully saturated rings. The Morgan fingerprint density at radius 3 is 2.60 bits per heavy atom. The van der Waals surface area contributed by atoms with Crippen molar-refractivity contribution in [2.45, 2.75) is 46.6 Å². The van der Waals surface area contributed by atoms with E-state index >= 15 is 0 Å². The fraction of sp³-hybridized carbons (Fsp3) is 0.588. The molecule has 0 bridgehead atoms. The third-order valence-electron chi connectivity index (χ3n) is 3.87. The van der Waals surface area contributed by atoms with Gasteiger partial charge >= 0.3 is 0 Å². The molecule has 110 valence electrons. The van der Waals surface area contributed by atoms with E-state index in [9.17, 15) is 4.79 Å². The summed E-state index contributed by atoms with van der Waals surface area (Å²) in [5.41, 5.74) is 2.97. The number of amides is 1. The molecule has 1 N–H and O–H groups in total. The molecule has 0 heterocycles. The molecule has 3 nitrogen and oxygen atoms in total. The molecule has 0 atom stereocenters. The maximum atomic E-state index is 12.7. The molecule has 0 aliphatic heterocycles. The van der Waals surface area contributed by atoms with E-state index < -0.39 is 0 Å². The van der Waals surface area contributed by atoms with E-state index in [4.69, 9.17) is 0 Å². The molecule has 1 aromatic rings. The quantitative estimate of drug-likeness (QED) is 0.858. The Morgan fingerprint density at radius 1 is 1.40 bits per heavy atom. The van der Waals surface area contributed by atoms with E-state index in [1.165, 1.54) is 12.8 Å². The third kappa shape index (κ3) is 3.53. The highest BCUT2D eigenvalue weighted by atomic mass is 16.2. The topological polar surface area (TPSA) is 32.3 Å². The Bertz CT molecular complexity index is 478. The van der Waals surface area contributed by atoms with Gasteiger partial charge in [0.25, 0.3) is 5.91 Å². The Hall–Kier alpha value is -1.51. The minimum atomic E-state index is 0.174. The van der Waals surface area contributed by atoms with Gasteiger partial charge in [0.1, 0.15) is 0 Å². The number of carbonyl (C=O) groups excluding carboxylic acids is 1. The van der Waals surface area contributed by atoms with Crippen molar-refractivity contribution in [3.05, 3.63) is 29.3 Å². The van der Waals surface area contributed by atoms with Crippen LogP contribution in [0.5, 0.6) is 0 Å². The number of nitrogens with zero attached hydrogens (tertiary/aromatic N) is 1. The van der Waals surface area contributed by atoms with Crippen LogP contribution < -0.4 is 5.32 Å². The number of carbonyl (C=O) groups is 1. The van der Waals surface area contributed by atoms with Crippen molar-refractivity contribution in [1.29, 1.82) is 0 Å². The summed E-state index contributed by atoms with van der Waals surface area (Å²) in [7, 11) is 0. The molecule has 20 heavy (non-hydrogen) atoms. The number of aryl methyl sites for hydroxylation is 1. The van der Waals surface area contributed by atoms with Crippen molar-refractivity contribution >= 4 is 11.6 Å². The normalized spacial score (nSPS) is 14.4. The smallest absolute Gasteiger partial charge is 0.254 e. The molecule has 0 unspecified atom stereocenters. The van der Waals surface area contributed by atoms with Crippen LogP contribution in [0.2, 0.25) is 0 Å². The fourth-order valence-electron chi connectivity index (χ4n) is 2.48. The molecule has 3 heteroatoms. The van der Waals surface area contributed by atoms with Crippen LogP contribution in [-0.4, -0.2) is 29.9 Å². The third-order valence-corrected chi connectivity index (χ3v) is 3.87. The zero-order chi connectivity index (χ0) is 14.7. The van der Waals surface area contributed by atoms with Crippen LogP contribution in [0.15, 0.2) is 18.2 Å². The second kappa shape index (κ2) is 6.29. The highest BCUT2D eigenvalue weighted by Crippen LogP contribution is 2.31. The Kier molecular flexibility index (Phi) is 4.69. The van der Waals surface area contributed by atoms with Gasteiger partial charge in [-0.15, -0.1) is 0 Å². The molecule has 0 spiro atoms. The van der Waals surface area contributed by atoms with Gasteiger partial charge in [0.2, 0.25) is 0 Å². The van der Waals surface area contributed by atoms with Crippen molar-refractivity contribution < 1.29 is 4.79 Å². The summed E-state index contributed by atoms with van der Waals surface area (Å²) < 4.78 is 0. The number of anilines is 1. The van der Waals surface area contributed by atoms with Crippen LogP contribution in [0.3, 0.4) is 0 Å². The molecule has 1 aliphatic carbocycles. The lowest BCUT2D eigenvalue weighted by atomic mass is 10.1. The number of hydrogen-bond acceptors (Lipinski definition) is 2. The van der Waals surface area contributed by atoms with Crippen LogP contribution in [0.4, 0.5) is 5.69 Å². The van der Waals surface area contributed by atoms with E-state index in [1.807, 2.05) is 24.0 Å². The average Bonchev–Trinajstić information content (AvgIpc) is 3.19. The zero-order valence-corrected chi connectivity index (χ0v) is 13.1. The molecule has 0 aromatic heterocycles. The maximum absolute atomic E-state index is 12.7. The van der Waals surface area contributed by atoms with Gasteiger partial charge in [-0.3, -0.25) is 4.79 Å². The highest BCUT2D eigenvalue weighted by molar-refractivity contribution is 5.96. The molecule has 0 saturated heterocycles. The Morgan fingerprint density at radius 2 is 2.10 bits per heavy atom. The van der Waals surface area contributed by atoms with Crippen LogP contribution in [-0.2, 0) is 0 Å². The van der Waals surface area contributed by atoms with E-state index in [0.717, 1.165) is 35.8 Å². The first kappa shape index (κ1) is 14.9. The van der Waals surface area contributed by atoms with Crippen molar-refractivity contribution in [3.63, 3.8) is 0 Å². The monoisotopic (exact) mass is 274 g/mol. The zero-order valence-electron chi connectivity index (χ0n) is 13.1. The second-order valence-electron chi connectivity index (χ2n) is 6.05. The first-order chi connectivity index (χ1) is 9.52. The largest absolute Gasteiger partial charge is 0.385 e. The number of nitrogens with one attached hydrogen (secondary N) is 1. The lowest BCUT2D eigenvalue weighted by Gasteiger charge is -2.27. The summed E-state index contributed by atoms with van der Waals surface area (Å²) >= 11 is 0. The molecule has 0 radical (unpaired) electrons. The van der Waals surface area contributed by atoms with Crippen molar-refractivity contribution in [2.75, 3.05) is 18.4 Å². The standard InChI is InChI=1S/C17H26N2O/c1-5-18-15-8-9-16(13(4)10-15)17(20)19(12(2)3)11-14-6-7-14/h8-10,12,14,18H,5-7,11H2,1-4H3. The van der Waals surface area contributed by atoms with Gasteiger partial charge in [-0.05, 0) is 70.2 Å². The van der Waals surface area contributed by atoms with Crippen molar-refractivity contribution in [1.82, 2.24) is 4.90 Å². The first-order valence-corrected chi connectivity index (χ1v) is 7.68. The maximum Gasteiger partial charge on any atom is 0.254 e. The minimum absolute atomic E-state index is 0.174. The highest BCUT2D eigenvalue weighted by Gasteiger charge is 2.29. The van der Waals surface area contributed by atoms with Gasteiger partial charge in [0.15, 0.2) is 0 Å². The van der Waals surface area contributed by atoms with Gasteiger partial charge in [0, 0.05) is 30.4 Å². The summed E-state index contributed by atoms with van der Waals surface area (Å²) in [4.78, 5) is 14.8. The molecular weight excluding hydrogens is 248 g/mol. The molecule has 2 rings (SSSR count). The van der Waals surface area contributed by atoms with Crippen LogP contribution in [0.1, 0.15) is 49.5 Å². The molecule has 1 aromatic carbocycles. The Balaban J connectivity index is 2.17. The summed E-state index contributed by atoms with van der Waals surface area (Å²) in [6.45, 7) is 10.1. The van der Waals surface area contributed by atoms with Gasteiger partial charge in [-0.2, -0.15) is 0 Å². The van der Waals surface area contributed by atoms with Gasteiger partial charge in [-0.25, -0.2) is 0 Å². The second-order valence-corrected chi connectivity index (χ2v) is 6.05. The van der Waals surface area contributed by atoms with Crippen molar-refractivity contribution in [2.24, 2.45) is 5.92 Å². The molecule has 1 aliphatic rings. The Labute approximate surface area is 122 Å². The van der Waals surface area contributed by atoms with E-state index in [-0.39, 0.29) is 11.9 Å². The minimum Gasteiger partial charge on any atom is -0.385 e. The summed E-state index contributed by atoms with van der Waals surface area (Å²) in [6, 6.07) is 6.28.